The fourth-order valence-corrected chi connectivity index (χ4v) is 4.44. The molecule has 1 unspecified atom stereocenters. The van der Waals surface area contributed by atoms with Gasteiger partial charge in [0.15, 0.2) is 0 Å². The summed E-state index contributed by atoms with van der Waals surface area (Å²) in [6, 6.07) is 4.31. The zero-order valence-electron chi connectivity index (χ0n) is 14.6. The standard InChI is InChI=1S/C16H24N4O4S.ClH/c1-11-4-5-13(9-14(11)15(18)21)25(23,24)20-8-2-3-12(10-20)16(22)19-7-6-17;/h4-5,9,12H,2-3,6-8,10,17H2,1H3,(H2,18,21)(H,19,22);1H. The highest BCUT2D eigenvalue weighted by Gasteiger charge is 2.33. The number of halogens is 1. The summed E-state index contributed by atoms with van der Waals surface area (Å²) >= 11 is 0. The van der Waals surface area contributed by atoms with E-state index in [-0.39, 0.29) is 35.3 Å². The Morgan fingerprint density at radius 3 is 2.65 bits per heavy atom. The number of amides is 2. The number of nitrogens with one attached hydrogen (secondary N) is 1. The van der Waals surface area contributed by atoms with Crippen molar-refractivity contribution in [3.8, 4) is 0 Å². The van der Waals surface area contributed by atoms with Crippen LogP contribution in [0.1, 0.15) is 28.8 Å². The van der Waals surface area contributed by atoms with Crippen LogP contribution in [0.4, 0.5) is 0 Å². The summed E-state index contributed by atoms with van der Waals surface area (Å²) in [5, 5.41) is 2.70. The second-order valence-electron chi connectivity index (χ2n) is 6.12. The van der Waals surface area contributed by atoms with Crippen molar-refractivity contribution in [3.05, 3.63) is 29.3 Å². The molecule has 1 atom stereocenters. The van der Waals surface area contributed by atoms with E-state index in [9.17, 15) is 18.0 Å². The molecule has 0 aliphatic carbocycles. The number of nitrogens with two attached hydrogens (primary N) is 2. The molecule has 8 nitrogen and oxygen atoms in total. The number of carbonyl (C=O) groups is 2. The zero-order valence-corrected chi connectivity index (χ0v) is 16.2. The van der Waals surface area contributed by atoms with Crippen molar-refractivity contribution >= 4 is 34.2 Å². The Kier molecular flexibility index (Phi) is 8.01. The molecule has 1 saturated heterocycles. The number of hydrogen-bond acceptors (Lipinski definition) is 5. The Morgan fingerprint density at radius 2 is 2.04 bits per heavy atom. The first kappa shape index (κ1) is 22.4. The maximum absolute atomic E-state index is 12.9. The van der Waals surface area contributed by atoms with Crippen LogP contribution in [0.25, 0.3) is 0 Å². The van der Waals surface area contributed by atoms with Gasteiger partial charge in [0.05, 0.1) is 10.8 Å². The van der Waals surface area contributed by atoms with Gasteiger partial charge >= 0.3 is 0 Å². The van der Waals surface area contributed by atoms with Crippen LogP contribution >= 0.6 is 12.4 Å². The number of benzene rings is 1. The number of piperidine rings is 1. The third-order valence-electron chi connectivity index (χ3n) is 4.31. The number of nitrogens with zero attached hydrogens (tertiary/aromatic N) is 1. The van der Waals surface area contributed by atoms with E-state index in [0.717, 1.165) is 0 Å². The Hall–Kier alpha value is -1.68. The molecule has 2 amide bonds. The minimum absolute atomic E-state index is 0. The summed E-state index contributed by atoms with van der Waals surface area (Å²) in [6.45, 7) is 2.83. The molecule has 2 rings (SSSR count). The molecule has 1 aliphatic heterocycles. The quantitative estimate of drug-likeness (QED) is 0.612. The van der Waals surface area contributed by atoms with Crippen LogP contribution in [-0.4, -0.2) is 50.7 Å². The molecule has 1 aromatic rings. The molecule has 1 heterocycles. The number of aryl methyl sites for hydroxylation is 1. The molecule has 0 aromatic heterocycles. The SMILES string of the molecule is Cc1ccc(S(=O)(=O)N2CCCC(C(=O)NCCN)C2)cc1C(N)=O.Cl. The molecule has 5 N–H and O–H groups in total. The van der Waals surface area contributed by atoms with Crippen LogP contribution in [0.2, 0.25) is 0 Å². The summed E-state index contributed by atoms with van der Waals surface area (Å²) in [6.07, 6.45) is 1.22. The Labute approximate surface area is 159 Å². The van der Waals surface area contributed by atoms with Crippen molar-refractivity contribution in [2.24, 2.45) is 17.4 Å². The molecule has 1 aliphatic rings. The average molecular weight is 405 g/mol. The summed E-state index contributed by atoms with van der Waals surface area (Å²) in [7, 11) is -3.80. The molecule has 0 saturated carbocycles. The summed E-state index contributed by atoms with van der Waals surface area (Å²) in [5.74, 6) is -1.27. The third-order valence-corrected chi connectivity index (χ3v) is 6.17. The third kappa shape index (κ3) is 4.94. The van der Waals surface area contributed by atoms with Gasteiger partial charge in [-0.1, -0.05) is 6.07 Å². The van der Waals surface area contributed by atoms with Crippen LogP contribution in [0.5, 0.6) is 0 Å². The first-order valence-electron chi connectivity index (χ1n) is 8.15. The fraction of sp³-hybridized carbons (Fsp3) is 0.500. The van der Waals surface area contributed by atoms with Gasteiger partial charge in [-0.15, -0.1) is 12.4 Å². The van der Waals surface area contributed by atoms with E-state index in [1.54, 1.807) is 13.0 Å². The highest BCUT2D eigenvalue weighted by atomic mass is 35.5. The number of hydrogen-bond donors (Lipinski definition) is 3. The van der Waals surface area contributed by atoms with Gasteiger partial charge in [-0.3, -0.25) is 9.59 Å². The van der Waals surface area contributed by atoms with E-state index in [1.165, 1.54) is 16.4 Å². The van der Waals surface area contributed by atoms with Crippen molar-refractivity contribution in [3.63, 3.8) is 0 Å². The van der Waals surface area contributed by atoms with Gasteiger partial charge < -0.3 is 16.8 Å². The van der Waals surface area contributed by atoms with Crippen molar-refractivity contribution in [1.29, 1.82) is 0 Å². The average Bonchev–Trinajstić information content (AvgIpc) is 2.59. The largest absolute Gasteiger partial charge is 0.366 e. The van der Waals surface area contributed by atoms with Crippen LogP contribution < -0.4 is 16.8 Å². The van der Waals surface area contributed by atoms with Crippen LogP contribution in [0, 0.1) is 12.8 Å². The number of primary amides is 1. The molecule has 26 heavy (non-hydrogen) atoms. The van der Waals surface area contributed by atoms with E-state index < -0.39 is 21.8 Å². The molecule has 0 spiro atoms. The van der Waals surface area contributed by atoms with Crippen molar-refractivity contribution in [2.45, 2.75) is 24.7 Å². The van der Waals surface area contributed by atoms with Gasteiger partial charge in [0.1, 0.15) is 0 Å². The second kappa shape index (κ2) is 9.31. The minimum Gasteiger partial charge on any atom is -0.366 e. The van der Waals surface area contributed by atoms with E-state index in [2.05, 4.69) is 5.32 Å². The topological polar surface area (TPSA) is 136 Å². The van der Waals surface area contributed by atoms with Gasteiger partial charge in [0, 0.05) is 31.7 Å². The van der Waals surface area contributed by atoms with Crippen molar-refractivity contribution in [1.82, 2.24) is 9.62 Å². The lowest BCUT2D eigenvalue weighted by Crippen LogP contribution is -2.46. The molecule has 0 radical (unpaired) electrons. The lowest BCUT2D eigenvalue weighted by molar-refractivity contribution is -0.126. The van der Waals surface area contributed by atoms with E-state index >= 15 is 0 Å². The molecule has 1 fully saturated rings. The highest BCUT2D eigenvalue weighted by molar-refractivity contribution is 7.89. The summed E-state index contributed by atoms with van der Waals surface area (Å²) < 4.78 is 27.0. The second-order valence-corrected chi connectivity index (χ2v) is 8.06. The lowest BCUT2D eigenvalue weighted by atomic mass is 9.99. The molecular weight excluding hydrogens is 380 g/mol. The molecule has 0 bridgehead atoms. The van der Waals surface area contributed by atoms with Gasteiger partial charge in [0.25, 0.3) is 0 Å². The Morgan fingerprint density at radius 1 is 1.35 bits per heavy atom. The minimum atomic E-state index is -3.80. The summed E-state index contributed by atoms with van der Waals surface area (Å²) in [4.78, 5) is 23.6. The molecule has 146 valence electrons. The first-order valence-corrected chi connectivity index (χ1v) is 9.59. The molecule has 10 heteroatoms. The number of sulfonamides is 1. The normalized spacial score (nSPS) is 18.0. The van der Waals surface area contributed by atoms with Crippen LogP contribution in [0.3, 0.4) is 0 Å². The monoisotopic (exact) mass is 404 g/mol. The fourth-order valence-electron chi connectivity index (χ4n) is 2.89. The zero-order chi connectivity index (χ0) is 18.6. The predicted molar refractivity (Wildman–Crippen MR) is 100 cm³/mol. The highest BCUT2D eigenvalue weighted by Crippen LogP contribution is 2.25. The van der Waals surface area contributed by atoms with Crippen LogP contribution in [0.15, 0.2) is 23.1 Å². The number of carbonyl (C=O) groups excluding carboxylic acids is 2. The maximum Gasteiger partial charge on any atom is 0.249 e. The summed E-state index contributed by atoms with van der Waals surface area (Å²) in [5.41, 5.74) is 11.5. The van der Waals surface area contributed by atoms with Gasteiger partial charge in [-0.05, 0) is 37.5 Å². The van der Waals surface area contributed by atoms with Crippen LogP contribution in [-0.2, 0) is 14.8 Å². The molecular formula is C16H25ClN4O4S. The number of rotatable bonds is 6. The Balaban J connectivity index is 0.00000338. The molecule has 1 aromatic carbocycles. The van der Waals surface area contributed by atoms with Gasteiger partial charge in [-0.25, -0.2) is 8.42 Å². The van der Waals surface area contributed by atoms with E-state index in [1.807, 2.05) is 0 Å². The van der Waals surface area contributed by atoms with E-state index in [0.29, 0.717) is 38.0 Å². The van der Waals surface area contributed by atoms with Gasteiger partial charge in [0.2, 0.25) is 21.8 Å². The van der Waals surface area contributed by atoms with Crippen molar-refractivity contribution in [2.75, 3.05) is 26.2 Å². The smallest absolute Gasteiger partial charge is 0.249 e. The first-order chi connectivity index (χ1) is 11.8. The van der Waals surface area contributed by atoms with Gasteiger partial charge in [-0.2, -0.15) is 4.31 Å². The van der Waals surface area contributed by atoms with Crippen molar-refractivity contribution < 1.29 is 18.0 Å². The van der Waals surface area contributed by atoms with E-state index in [4.69, 9.17) is 11.5 Å². The predicted octanol–water partition coefficient (Wildman–Crippen LogP) is -0.00868. The maximum atomic E-state index is 12.9. The Bertz CT molecular complexity index is 770. The lowest BCUT2D eigenvalue weighted by Gasteiger charge is -2.31.